The Morgan fingerprint density at radius 3 is 2.77 bits per heavy atom. The van der Waals surface area contributed by atoms with E-state index in [0.717, 1.165) is 33.7 Å². The average Bonchev–Trinajstić information content (AvgIpc) is 3.33. The van der Waals surface area contributed by atoms with Crippen LogP contribution in [0.25, 0.3) is 6.08 Å². The number of hydrogen-bond donors (Lipinski definition) is 0. The van der Waals surface area contributed by atoms with E-state index in [9.17, 15) is 19.2 Å². The van der Waals surface area contributed by atoms with Crippen LogP contribution in [0.5, 0.6) is 0 Å². The maximum absolute atomic E-state index is 13.0. The number of imide groups is 1. The molecule has 2 saturated heterocycles. The first kappa shape index (κ1) is 19.3. The molecule has 0 aromatic carbocycles. The molecule has 0 spiro atoms. The lowest BCUT2D eigenvalue weighted by atomic mass is 9.83. The molecule has 3 aliphatic heterocycles. The highest BCUT2D eigenvalue weighted by Crippen LogP contribution is 2.36. The van der Waals surface area contributed by atoms with E-state index in [2.05, 4.69) is 0 Å². The third-order valence-electron chi connectivity index (χ3n) is 5.82. The molecule has 5 heterocycles. The van der Waals surface area contributed by atoms with Crippen LogP contribution in [0.4, 0.5) is 4.79 Å². The van der Waals surface area contributed by atoms with E-state index in [1.54, 1.807) is 23.1 Å². The maximum Gasteiger partial charge on any atom is 0.294 e. The number of thioether (sulfide) groups is 1. The Balaban J connectivity index is 1.30. The van der Waals surface area contributed by atoms with Gasteiger partial charge in [0.25, 0.3) is 16.7 Å². The molecule has 30 heavy (non-hydrogen) atoms. The predicted molar refractivity (Wildman–Crippen MR) is 115 cm³/mol. The number of carbonyl (C=O) groups excluding carboxylic acids is 3. The zero-order chi connectivity index (χ0) is 20.8. The van der Waals surface area contributed by atoms with Crippen LogP contribution in [0, 0.1) is 5.92 Å². The first-order valence-electron chi connectivity index (χ1n) is 9.76. The number of nitrogens with zero attached hydrogens (tertiary/aromatic N) is 3. The van der Waals surface area contributed by atoms with E-state index in [0.29, 0.717) is 24.5 Å². The number of carbonyl (C=O) groups is 3. The Morgan fingerprint density at radius 1 is 1.10 bits per heavy atom. The van der Waals surface area contributed by atoms with E-state index < -0.39 is 11.1 Å². The summed E-state index contributed by atoms with van der Waals surface area (Å²) in [6, 6.07) is 9.03. The van der Waals surface area contributed by atoms with Crippen molar-refractivity contribution in [3.8, 4) is 0 Å². The number of aromatic nitrogens is 1. The lowest BCUT2D eigenvalue weighted by molar-refractivity contribution is -0.138. The van der Waals surface area contributed by atoms with Crippen molar-refractivity contribution in [1.82, 2.24) is 14.4 Å². The van der Waals surface area contributed by atoms with Gasteiger partial charge in [0.05, 0.1) is 4.91 Å². The van der Waals surface area contributed by atoms with Gasteiger partial charge in [-0.3, -0.25) is 24.1 Å². The maximum atomic E-state index is 13.0. The summed E-state index contributed by atoms with van der Waals surface area (Å²) in [5.41, 5.74) is 0.957. The van der Waals surface area contributed by atoms with Gasteiger partial charge >= 0.3 is 0 Å². The molecule has 2 aromatic rings. The molecule has 2 fully saturated rings. The number of pyridine rings is 1. The zero-order valence-corrected chi connectivity index (χ0v) is 17.7. The largest absolute Gasteiger partial charge is 0.340 e. The molecular weight excluding hydrogens is 422 g/mol. The van der Waals surface area contributed by atoms with Gasteiger partial charge in [0.15, 0.2) is 0 Å². The van der Waals surface area contributed by atoms with Crippen LogP contribution in [0.3, 0.4) is 0 Å². The third-order valence-corrected chi connectivity index (χ3v) is 7.54. The van der Waals surface area contributed by atoms with Gasteiger partial charge in [-0.2, -0.15) is 0 Å². The Hall–Kier alpha value is -2.65. The second-order valence-corrected chi connectivity index (χ2v) is 9.75. The Kier molecular flexibility index (Phi) is 4.86. The summed E-state index contributed by atoms with van der Waals surface area (Å²) in [6.07, 6.45) is 2.64. The van der Waals surface area contributed by atoms with Crippen molar-refractivity contribution in [2.75, 3.05) is 19.6 Å². The summed E-state index contributed by atoms with van der Waals surface area (Å²) < 4.78 is 1.81. The van der Waals surface area contributed by atoms with Crippen molar-refractivity contribution in [1.29, 1.82) is 0 Å². The molecular formula is C21H19N3O4S2. The lowest BCUT2D eigenvalue weighted by Gasteiger charge is -2.43. The highest BCUT2D eigenvalue weighted by molar-refractivity contribution is 8.18. The number of likely N-dealkylation sites (tertiary alicyclic amines) is 1. The summed E-state index contributed by atoms with van der Waals surface area (Å²) in [6.45, 7) is 1.39. The number of hydrogen-bond acceptors (Lipinski definition) is 6. The minimum Gasteiger partial charge on any atom is -0.340 e. The van der Waals surface area contributed by atoms with Crippen molar-refractivity contribution in [2.24, 2.45) is 5.92 Å². The molecule has 7 nitrogen and oxygen atoms in total. The molecule has 5 rings (SSSR count). The molecule has 3 amide bonds. The van der Waals surface area contributed by atoms with Gasteiger partial charge in [0, 0.05) is 42.2 Å². The van der Waals surface area contributed by atoms with Crippen LogP contribution in [0.15, 0.2) is 45.4 Å². The minimum absolute atomic E-state index is 0.00248. The zero-order valence-electron chi connectivity index (χ0n) is 16.0. The molecule has 2 bridgehead atoms. The van der Waals surface area contributed by atoms with Crippen molar-refractivity contribution in [3.05, 3.63) is 61.5 Å². The van der Waals surface area contributed by atoms with Gasteiger partial charge in [-0.05, 0) is 47.7 Å². The number of amides is 3. The topological polar surface area (TPSA) is 79.7 Å². The van der Waals surface area contributed by atoms with Crippen molar-refractivity contribution < 1.29 is 14.4 Å². The van der Waals surface area contributed by atoms with E-state index in [1.165, 1.54) is 11.3 Å². The standard InChI is InChI=1S/C21H19N3O4S2/c25-18-5-1-4-16-14-7-13(10-23(16)18)9-22(11-14)19(26)12-24-20(27)17(30-21(24)28)8-15-3-2-6-29-15/h1-6,8,13-14H,7,9-12H2/t13-,14-/m0/s1. The number of thiophene rings is 1. The molecule has 2 aromatic heterocycles. The van der Waals surface area contributed by atoms with Crippen molar-refractivity contribution in [2.45, 2.75) is 18.9 Å². The van der Waals surface area contributed by atoms with Crippen LogP contribution >= 0.6 is 23.1 Å². The van der Waals surface area contributed by atoms with E-state index >= 15 is 0 Å². The molecule has 0 aliphatic carbocycles. The summed E-state index contributed by atoms with van der Waals surface area (Å²) >= 11 is 2.36. The average molecular weight is 442 g/mol. The summed E-state index contributed by atoms with van der Waals surface area (Å²) in [5.74, 6) is -0.338. The van der Waals surface area contributed by atoms with E-state index in [-0.39, 0.29) is 29.8 Å². The number of piperidine rings is 1. The Labute approximate surface area is 181 Å². The Bertz CT molecular complexity index is 1120. The number of rotatable bonds is 3. The Morgan fingerprint density at radius 2 is 1.97 bits per heavy atom. The van der Waals surface area contributed by atoms with Crippen LogP contribution in [-0.2, 0) is 16.1 Å². The monoisotopic (exact) mass is 441 g/mol. The van der Waals surface area contributed by atoms with Gasteiger partial charge in [-0.15, -0.1) is 11.3 Å². The van der Waals surface area contributed by atoms with Gasteiger partial charge in [0.2, 0.25) is 5.91 Å². The van der Waals surface area contributed by atoms with Crippen molar-refractivity contribution in [3.63, 3.8) is 0 Å². The molecule has 9 heteroatoms. The van der Waals surface area contributed by atoms with Crippen LogP contribution in [-0.4, -0.2) is 51.1 Å². The second-order valence-electron chi connectivity index (χ2n) is 7.78. The van der Waals surface area contributed by atoms with E-state index in [1.807, 2.05) is 28.1 Å². The van der Waals surface area contributed by atoms with Crippen LogP contribution in [0.2, 0.25) is 0 Å². The van der Waals surface area contributed by atoms with Crippen LogP contribution in [0.1, 0.15) is 22.9 Å². The minimum atomic E-state index is -0.416. The van der Waals surface area contributed by atoms with Gasteiger partial charge in [-0.25, -0.2) is 0 Å². The number of fused-ring (bicyclic) bond motifs is 4. The van der Waals surface area contributed by atoms with Crippen molar-refractivity contribution >= 4 is 46.2 Å². The quantitative estimate of drug-likeness (QED) is 0.684. The smallest absolute Gasteiger partial charge is 0.294 e. The summed E-state index contributed by atoms with van der Waals surface area (Å²) in [5, 5.41) is 1.49. The highest BCUT2D eigenvalue weighted by atomic mass is 32.2. The second kappa shape index (κ2) is 7.55. The lowest BCUT2D eigenvalue weighted by Crippen LogP contribution is -2.51. The normalized spacial score (nSPS) is 24.5. The molecule has 0 unspecified atom stereocenters. The first-order valence-corrected chi connectivity index (χ1v) is 11.5. The van der Waals surface area contributed by atoms with E-state index in [4.69, 9.17) is 0 Å². The SMILES string of the molecule is O=C(CN1C(=O)SC(=Cc2cccs2)C1=O)N1C[C@@H]2C[C@@H](C1)c1cccc(=O)n1C2. The fraction of sp³-hybridized carbons (Fsp3) is 0.333. The molecule has 0 saturated carbocycles. The molecule has 2 atom stereocenters. The third kappa shape index (κ3) is 3.41. The fourth-order valence-corrected chi connectivity index (χ4v) is 6.04. The highest BCUT2D eigenvalue weighted by Gasteiger charge is 2.40. The fourth-order valence-electron chi connectivity index (χ4n) is 4.47. The van der Waals surface area contributed by atoms with Gasteiger partial charge < -0.3 is 9.47 Å². The molecule has 3 aliphatic rings. The van der Waals surface area contributed by atoms with Crippen LogP contribution < -0.4 is 5.56 Å². The molecule has 0 radical (unpaired) electrons. The molecule has 0 N–H and O–H groups in total. The summed E-state index contributed by atoms with van der Waals surface area (Å²) in [7, 11) is 0. The predicted octanol–water partition coefficient (Wildman–Crippen LogP) is 2.59. The first-order chi connectivity index (χ1) is 14.5. The van der Waals surface area contributed by atoms with Gasteiger partial charge in [-0.1, -0.05) is 12.1 Å². The van der Waals surface area contributed by atoms with Gasteiger partial charge in [0.1, 0.15) is 6.54 Å². The molecule has 154 valence electrons. The summed E-state index contributed by atoms with van der Waals surface area (Å²) in [4.78, 5) is 54.2.